The van der Waals surface area contributed by atoms with Gasteiger partial charge < -0.3 is 10.6 Å². The fourth-order valence-electron chi connectivity index (χ4n) is 1.58. The third-order valence-corrected chi connectivity index (χ3v) is 2.73. The van der Waals surface area contributed by atoms with E-state index in [1.807, 2.05) is 0 Å². The van der Waals surface area contributed by atoms with Crippen LogP contribution < -0.4 is 5.73 Å². The van der Waals surface area contributed by atoms with E-state index in [0.717, 1.165) is 31.4 Å². The summed E-state index contributed by atoms with van der Waals surface area (Å²) >= 11 is 0. The average molecular weight is 211 g/mol. The van der Waals surface area contributed by atoms with Gasteiger partial charge in [-0.2, -0.15) is 0 Å². The molecule has 3 heteroatoms. The summed E-state index contributed by atoms with van der Waals surface area (Å²) in [6.07, 6.45) is 4.86. The number of nitrogens with zero attached hydrogens (tertiary/aromatic N) is 2. The lowest BCUT2D eigenvalue weighted by atomic mass is 10.1. The fraction of sp³-hybridized carbons (Fsp3) is 0.917. The minimum Gasteiger partial charge on any atom is -0.370 e. The molecule has 1 saturated carbocycles. The van der Waals surface area contributed by atoms with Crippen molar-refractivity contribution in [3.63, 3.8) is 0 Å². The average Bonchev–Trinajstić information content (AvgIpc) is 2.98. The Bertz CT molecular complexity index is 207. The van der Waals surface area contributed by atoms with Crippen LogP contribution in [0.3, 0.4) is 0 Å². The molecule has 0 bridgehead atoms. The van der Waals surface area contributed by atoms with E-state index in [0.29, 0.717) is 6.04 Å². The van der Waals surface area contributed by atoms with Gasteiger partial charge in [-0.05, 0) is 31.6 Å². The van der Waals surface area contributed by atoms with E-state index >= 15 is 0 Å². The number of aliphatic imine (C=N–C) groups is 1. The van der Waals surface area contributed by atoms with Crippen LogP contribution in [0, 0.1) is 5.92 Å². The van der Waals surface area contributed by atoms with Crippen LogP contribution in [0.1, 0.15) is 46.5 Å². The largest absolute Gasteiger partial charge is 0.370 e. The van der Waals surface area contributed by atoms with E-state index in [1.54, 1.807) is 0 Å². The monoisotopic (exact) mass is 211 g/mol. The third-order valence-electron chi connectivity index (χ3n) is 2.73. The number of hydrogen-bond donors (Lipinski definition) is 1. The number of hydrogen-bond acceptors (Lipinski definition) is 1. The van der Waals surface area contributed by atoms with Crippen molar-refractivity contribution in [2.45, 2.75) is 52.5 Å². The van der Waals surface area contributed by atoms with Crippen LogP contribution in [0.4, 0.5) is 0 Å². The molecule has 0 aromatic rings. The van der Waals surface area contributed by atoms with Gasteiger partial charge in [0, 0.05) is 19.1 Å². The summed E-state index contributed by atoms with van der Waals surface area (Å²) < 4.78 is 0. The smallest absolute Gasteiger partial charge is 0.191 e. The van der Waals surface area contributed by atoms with Gasteiger partial charge in [0.05, 0.1) is 0 Å². The summed E-state index contributed by atoms with van der Waals surface area (Å²) in [4.78, 5) is 6.70. The Morgan fingerprint density at radius 1 is 1.47 bits per heavy atom. The first-order chi connectivity index (χ1) is 7.15. The van der Waals surface area contributed by atoms with E-state index in [-0.39, 0.29) is 0 Å². The Kier molecular flexibility index (Phi) is 4.92. The highest BCUT2D eigenvalue weighted by Gasteiger charge is 2.29. The van der Waals surface area contributed by atoms with E-state index in [2.05, 4.69) is 30.7 Å². The third kappa shape index (κ3) is 4.54. The number of nitrogens with two attached hydrogens (primary N) is 1. The summed E-state index contributed by atoms with van der Waals surface area (Å²) in [5.41, 5.74) is 6.01. The van der Waals surface area contributed by atoms with Gasteiger partial charge in [-0.1, -0.05) is 20.8 Å². The van der Waals surface area contributed by atoms with Gasteiger partial charge in [0.1, 0.15) is 0 Å². The minimum absolute atomic E-state index is 0.685. The molecule has 0 unspecified atom stereocenters. The van der Waals surface area contributed by atoms with E-state index in [4.69, 9.17) is 5.73 Å². The molecule has 0 amide bonds. The molecular formula is C12H25N3. The zero-order valence-electron chi connectivity index (χ0n) is 10.4. The zero-order valence-corrected chi connectivity index (χ0v) is 10.4. The van der Waals surface area contributed by atoms with Gasteiger partial charge >= 0.3 is 0 Å². The second kappa shape index (κ2) is 5.99. The molecule has 0 aliphatic heterocycles. The Morgan fingerprint density at radius 2 is 2.13 bits per heavy atom. The standard InChI is InChI=1S/C12H25N3/c1-4-8-14-12(13)15(11-5-6-11)9-7-10(2)3/h10-11H,4-9H2,1-3H3,(H2,13,14). The molecule has 0 aromatic heterocycles. The highest BCUT2D eigenvalue weighted by molar-refractivity contribution is 5.78. The molecule has 0 atom stereocenters. The Labute approximate surface area is 93.7 Å². The van der Waals surface area contributed by atoms with Crippen molar-refractivity contribution in [3.8, 4) is 0 Å². The van der Waals surface area contributed by atoms with Gasteiger partial charge in [0.25, 0.3) is 0 Å². The van der Waals surface area contributed by atoms with Gasteiger partial charge in [-0.25, -0.2) is 0 Å². The van der Waals surface area contributed by atoms with Crippen molar-refractivity contribution in [1.82, 2.24) is 4.90 Å². The van der Waals surface area contributed by atoms with Gasteiger partial charge in [-0.3, -0.25) is 4.99 Å². The lowest BCUT2D eigenvalue weighted by Crippen LogP contribution is -2.40. The van der Waals surface area contributed by atoms with Crippen LogP contribution in [0.2, 0.25) is 0 Å². The molecule has 0 spiro atoms. The van der Waals surface area contributed by atoms with Crippen molar-refractivity contribution in [1.29, 1.82) is 0 Å². The predicted octanol–water partition coefficient (Wildman–Crippen LogP) is 2.22. The van der Waals surface area contributed by atoms with Gasteiger partial charge in [0.15, 0.2) is 5.96 Å². The lowest BCUT2D eigenvalue weighted by molar-refractivity contribution is 0.367. The maximum atomic E-state index is 6.01. The molecule has 0 saturated heterocycles. The van der Waals surface area contributed by atoms with Gasteiger partial charge in [-0.15, -0.1) is 0 Å². The van der Waals surface area contributed by atoms with Crippen molar-refractivity contribution in [2.24, 2.45) is 16.6 Å². The van der Waals surface area contributed by atoms with Crippen LogP contribution in [0.25, 0.3) is 0 Å². The molecule has 0 aromatic carbocycles. The second-order valence-corrected chi connectivity index (χ2v) is 4.85. The van der Waals surface area contributed by atoms with Crippen molar-refractivity contribution in [2.75, 3.05) is 13.1 Å². The molecule has 1 aliphatic rings. The predicted molar refractivity (Wildman–Crippen MR) is 66.0 cm³/mol. The first-order valence-electron chi connectivity index (χ1n) is 6.21. The summed E-state index contributed by atoms with van der Waals surface area (Å²) in [5, 5.41) is 0. The van der Waals surface area contributed by atoms with E-state index in [9.17, 15) is 0 Å². The van der Waals surface area contributed by atoms with Crippen molar-refractivity contribution >= 4 is 5.96 Å². The molecule has 0 heterocycles. The second-order valence-electron chi connectivity index (χ2n) is 4.85. The van der Waals surface area contributed by atoms with Crippen molar-refractivity contribution < 1.29 is 0 Å². The molecule has 15 heavy (non-hydrogen) atoms. The molecule has 0 radical (unpaired) electrons. The lowest BCUT2D eigenvalue weighted by Gasteiger charge is -2.24. The topological polar surface area (TPSA) is 41.6 Å². The van der Waals surface area contributed by atoms with Crippen molar-refractivity contribution in [3.05, 3.63) is 0 Å². The molecule has 2 N–H and O–H groups in total. The van der Waals surface area contributed by atoms with E-state index in [1.165, 1.54) is 19.3 Å². The quantitative estimate of drug-likeness (QED) is 0.540. The van der Waals surface area contributed by atoms with Crippen LogP contribution in [0.15, 0.2) is 4.99 Å². The molecular weight excluding hydrogens is 186 g/mol. The number of guanidine groups is 1. The summed E-state index contributed by atoms with van der Waals surface area (Å²) in [6, 6.07) is 0.685. The normalized spacial score (nSPS) is 17.2. The maximum absolute atomic E-state index is 6.01. The Hall–Kier alpha value is -0.730. The van der Waals surface area contributed by atoms with E-state index < -0.39 is 0 Å². The Morgan fingerprint density at radius 3 is 2.60 bits per heavy atom. The number of rotatable bonds is 6. The van der Waals surface area contributed by atoms with Gasteiger partial charge in [0.2, 0.25) is 0 Å². The molecule has 1 rings (SSSR count). The molecule has 3 nitrogen and oxygen atoms in total. The first-order valence-corrected chi connectivity index (χ1v) is 6.21. The molecule has 88 valence electrons. The van der Waals surface area contributed by atoms with Crippen LogP contribution in [-0.2, 0) is 0 Å². The highest BCUT2D eigenvalue weighted by atomic mass is 15.3. The highest BCUT2D eigenvalue weighted by Crippen LogP contribution is 2.27. The first kappa shape index (κ1) is 12.3. The molecule has 1 aliphatic carbocycles. The van der Waals surface area contributed by atoms with Crippen LogP contribution in [-0.4, -0.2) is 30.0 Å². The Balaban J connectivity index is 2.41. The minimum atomic E-state index is 0.685. The summed E-state index contributed by atoms with van der Waals surface area (Å²) in [7, 11) is 0. The van der Waals surface area contributed by atoms with Crippen LogP contribution in [0.5, 0.6) is 0 Å². The summed E-state index contributed by atoms with van der Waals surface area (Å²) in [6.45, 7) is 8.57. The molecule has 1 fully saturated rings. The van der Waals surface area contributed by atoms with Crippen LogP contribution >= 0.6 is 0 Å². The summed E-state index contributed by atoms with van der Waals surface area (Å²) in [5.74, 6) is 1.50. The zero-order chi connectivity index (χ0) is 11.3. The maximum Gasteiger partial charge on any atom is 0.191 e. The fourth-order valence-corrected chi connectivity index (χ4v) is 1.58. The SMILES string of the molecule is CCCN=C(N)N(CCC(C)C)C1CC1.